The zero-order chi connectivity index (χ0) is 13.2. The van der Waals surface area contributed by atoms with Gasteiger partial charge in [-0.25, -0.2) is 10.2 Å². The third-order valence-electron chi connectivity index (χ3n) is 3.12. The van der Waals surface area contributed by atoms with Crippen molar-refractivity contribution in [2.24, 2.45) is 5.10 Å². The second-order valence-electron chi connectivity index (χ2n) is 4.36. The molecule has 6 heteroatoms. The van der Waals surface area contributed by atoms with Crippen LogP contribution in [0.15, 0.2) is 41.8 Å². The summed E-state index contributed by atoms with van der Waals surface area (Å²) in [6.45, 7) is 4.95. The van der Waals surface area contributed by atoms with Crippen molar-refractivity contribution in [2.75, 3.05) is 6.54 Å². The van der Waals surface area contributed by atoms with Crippen LogP contribution in [0.25, 0.3) is 5.69 Å². The molecule has 0 atom stereocenters. The number of hydrogen-bond acceptors (Lipinski definition) is 5. The molecule has 19 heavy (non-hydrogen) atoms. The summed E-state index contributed by atoms with van der Waals surface area (Å²) < 4.78 is 1.87. The van der Waals surface area contributed by atoms with Crippen molar-refractivity contribution < 1.29 is 0 Å². The Morgan fingerprint density at radius 1 is 1.26 bits per heavy atom. The summed E-state index contributed by atoms with van der Waals surface area (Å²) in [5, 5.41) is 10.6. The van der Waals surface area contributed by atoms with Crippen molar-refractivity contribution >= 4 is 5.84 Å². The van der Waals surface area contributed by atoms with Crippen molar-refractivity contribution in [3.63, 3.8) is 0 Å². The van der Waals surface area contributed by atoms with Crippen LogP contribution in [0.1, 0.15) is 18.1 Å². The molecule has 0 saturated heterocycles. The molecule has 0 spiro atoms. The van der Waals surface area contributed by atoms with E-state index in [-0.39, 0.29) is 0 Å². The number of nitrogens with zero attached hydrogens (tertiary/aromatic N) is 4. The molecule has 2 aromatic rings. The number of rotatable bonds is 3. The highest BCUT2D eigenvalue weighted by molar-refractivity contribution is 5.98. The monoisotopic (exact) mass is 256 g/mol. The zero-order valence-corrected chi connectivity index (χ0v) is 11.0. The predicted molar refractivity (Wildman–Crippen MR) is 73.5 cm³/mol. The van der Waals surface area contributed by atoms with Crippen molar-refractivity contribution in [1.82, 2.24) is 25.9 Å². The fraction of sp³-hybridized carbons (Fsp3) is 0.231. The molecule has 0 amide bonds. The van der Waals surface area contributed by atoms with Crippen LogP contribution in [-0.4, -0.2) is 27.2 Å². The van der Waals surface area contributed by atoms with Gasteiger partial charge in [-0.15, -0.1) is 10.6 Å². The lowest BCUT2D eigenvalue weighted by atomic mass is 10.2. The molecule has 0 saturated carbocycles. The molecule has 1 aliphatic heterocycles. The molecule has 98 valence electrons. The van der Waals surface area contributed by atoms with Gasteiger partial charge in [-0.05, 0) is 25.5 Å². The molecule has 1 aromatic carbocycles. The van der Waals surface area contributed by atoms with E-state index >= 15 is 0 Å². The maximum absolute atomic E-state index is 4.41. The summed E-state index contributed by atoms with van der Waals surface area (Å²) >= 11 is 0. The first-order valence-electron chi connectivity index (χ1n) is 6.26. The summed E-state index contributed by atoms with van der Waals surface area (Å²) in [6, 6.07) is 8.16. The van der Waals surface area contributed by atoms with E-state index in [1.54, 1.807) is 0 Å². The molecular weight excluding hydrogens is 240 g/mol. The van der Waals surface area contributed by atoms with Gasteiger partial charge in [0.05, 0.1) is 17.4 Å². The number of benzene rings is 1. The minimum atomic E-state index is 0.821. The molecule has 0 unspecified atom stereocenters. The second-order valence-corrected chi connectivity index (χ2v) is 4.36. The van der Waals surface area contributed by atoms with Gasteiger partial charge in [-0.1, -0.05) is 18.2 Å². The van der Waals surface area contributed by atoms with Crippen LogP contribution in [0.3, 0.4) is 0 Å². The topological polar surface area (TPSA) is 57.5 Å². The molecule has 0 bridgehead atoms. The van der Waals surface area contributed by atoms with Crippen LogP contribution < -0.4 is 11.1 Å². The Balaban J connectivity index is 1.94. The van der Waals surface area contributed by atoms with Gasteiger partial charge in [0.15, 0.2) is 5.84 Å². The normalized spacial score (nSPS) is 14.4. The number of para-hydroxylation sites is 1. The van der Waals surface area contributed by atoms with Gasteiger partial charge in [0.25, 0.3) is 0 Å². The summed E-state index contributed by atoms with van der Waals surface area (Å²) in [7, 11) is 0. The van der Waals surface area contributed by atoms with Crippen LogP contribution in [0.5, 0.6) is 0 Å². The smallest absolute Gasteiger partial charge is 0.176 e. The molecule has 1 aliphatic rings. The number of hydrazone groups is 1. The Bertz CT molecular complexity index is 615. The molecule has 1 aromatic heterocycles. The van der Waals surface area contributed by atoms with Gasteiger partial charge in [0, 0.05) is 12.7 Å². The first kappa shape index (κ1) is 11.7. The van der Waals surface area contributed by atoms with Crippen LogP contribution in [0.2, 0.25) is 0 Å². The first-order valence-corrected chi connectivity index (χ1v) is 6.26. The average molecular weight is 256 g/mol. The molecule has 2 N–H and O–H groups in total. The number of hydrogen-bond donors (Lipinski definition) is 2. The Morgan fingerprint density at radius 2 is 2.11 bits per heavy atom. The molecule has 0 aliphatic carbocycles. The minimum Gasteiger partial charge on any atom is -0.271 e. The highest BCUT2D eigenvalue weighted by Crippen LogP contribution is 2.14. The third kappa shape index (κ3) is 2.06. The number of aryl methyl sites for hydroxylation is 1. The fourth-order valence-corrected chi connectivity index (χ4v) is 2.09. The Kier molecular flexibility index (Phi) is 2.92. The van der Waals surface area contributed by atoms with Crippen LogP contribution in [0.4, 0.5) is 0 Å². The average Bonchev–Trinajstić information content (AvgIpc) is 3.07. The molecule has 3 rings (SSSR count). The Hall–Kier alpha value is -2.34. The zero-order valence-electron chi connectivity index (χ0n) is 11.0. The van der Waals surface area contributed by atoms with Gasteiger partial charge in [-0.3, -0.25) is 5.01 Å². The molecule has 6 nitrogen and oxygen atoms in total. The maximum atomic E-state index is 4.41. The second kappa shape index (κ2) is 4.74. The largest absolute Gasteiger partial charge is 0.271 e. The number of aromatic nitrogens is 2. The SMILES string of the molecule is CCN1NNN=C1c1cnn(-c2ccccc2C)c1. The molecule has 0 fully saturated rings. The first-order chi connectivity index (χ1) is 9.29. The summed E-state index contributed by atoms with van der Waals surface area (Å²) in [5.74, 6) is 0.849. The van der Waals surface area contributed by atoms with Crippen molar-refractivity contribution in [3.8, 4) is 5.69 Å². The van der Waals surface area contributed by atoms with E-state index in [0.717, 1.165) is 23.6 Å². The molecule has 2 heterocycles. The Morgan fingerprint density at radius 3 is 2.89 bits per heavy atom. The maximum Gasteiger partial charge on any atom is 0.176 e. The van der Waals surface area contributed by atoms with Gasteiger partial charge in [0.2, 0.25) is 0 Å². The van der Waals surface area contributed by atoms with E-state index in [9.17, 15) is 0 Å². The van der Waals surface area contributed by atoms with Crippen molar-refractivity contribution in [3.05, 3.63) is 47.8 Å². The number of amidine groups is 1. The van der Waals surface area contributed by atoms with E-state index in [1.165, 1.54) is 5.56 Å². The molecule has 0 radical (unpaired) electrons. The van der Waals surface area contributed by atoms with E-state index in [2.05, 4.69) is 47.2 Å². The van der Waals surface area contributed by atoms with E-state index in [0.29, 0.717) is 0 Å². The highest BCUT2D eigenvalue weighted by atomic mass is 15.8. The minimum absolute atomic E-state index is 0.821. The van der Waals surface area contributed by atoms with E-state index < -0.39 is 0 Å². The van der Waals surface area contributed by atoms with Crippen LogP contribution >= 0.6 is 0 Å². The summed E-state index contributed by atoms with van der Waals surface area (Å²) in [6.07, 6.45) is 3.81. The highest BCUT2D eigenvalue weighted by Gasteiger charge is 2.18. The van der Waals surface area contributed by atoms with E-state index in [1.807, 2.05) is 34.2 Å². The number of hydrazine groups is 2. The van der Waals surface area contributed by atoms with Crippen LogP contribution in [0, 0.1) is 6.92 Å². The van der Waals surface area contributed by atoms with Crippen molar-refractivity contribution in [1.29, 1.82) is 0 Å². The predicted octanol–water partition coefficient (Wildman–Crippen LogP) is 1.19. The fourth-order valence-electron chi connectivity index (χ4n) is 2.09. The van der Waals surface area contributed by atoms with Crippen LogP contribution in [-0.2, 0) is 0 Å². The summed E-state index contributed by atoms with van der Waals surface area (Å²) in [5.41, 5.74) is 8.96. The van der Waals surface area contributed by atoms with Gasteiger partial charge < -0.3 is 0 Å². The lowest BCUT2D eigenvalue weighted by molar-refractivity contribution is 0.308. The van der Waals surface area contributed by atoms with Crippen molar-refractivity contribution in [2.45, 2.75) is 13.8 Å². The van der Waals surface area contributed by atoms with Gasteiger partial charge in [0.1, 0.15) is 0 Å². The molecular formula is C13H16N6. The third-order valence-corrected chi connectivity index (χ3v) is 3.12. The van der Waals surface area contributed by atoms with E-state index in [4.69, 9.17) is 0 Å². The quantitative estimate of drug-likeness (QED) is 0.866. The lowest BCUT2D eigenvalue weighted by Gasteiger charge is -2.14. The number of nitrogens with one attached hydrogen (secondary N) is 2. The lowest BCUT2D eigenvalue weighted by Crippen LogP contribution is -2.40. The Labute approximate surface area is 111 Å². The standard InChI is InChI=1S/C13H16N6/c1-3-18-13(15-16-17-18)11-8-14-19(9-11)12-7-5-4-6-10(12)2/h4-9,16-17H,3H2,1-2H3. The van der Waals surface area contributed by atoms with Gasteiger partial charge in [-0.2, -0.15) is 5.10 Å². The van der Waals surface area contributed by atoms with Gasteiger partial charge >= 0.3 is 0 Å². The summed E-state index contributed by atoms with van der Waals surface area (Å²) in [4.78, 5) is 0.